The molecule has 1 amide bonds. The third-order valence-corrected chi connectivity index (χ3v) is 4.24. The van der Waals surface area contributed by atoms with Crippen molar-refractivity contribution in [2.45, 2.75) is 38.4 Å². The lowest BCUT2D eigenvalue weighted by Crippen LogP contribution is -2.48. The molecule has 5 nitrogen and oxygen atoms in total. The molecule has 1 heterocycles. The van der Waals surface area contributed by atoms with Gasteiger partial charge in [0, 0.05) is 24.1 Å². The van der Waals surface area contributed by atoms with Gasteiger partial charge in [0.1, 0.15) is 6.04 Å². The number of benzene rings is 1. The van der Waals surface area contributed by atoms with Gasteiger partial charge in [-0.1, -0.05) is 30.3 Å². The minimum absolute atomic E-state index is 0.0596. The highest BCUT2D eigenvalue weighted by atomic mass is 19.4. The van der Waals surface area contributed by atoms with Gasteiger partial charge in [0.25, 0.3) is 5.78 Å². The van der Waals surface area contributed by atoms with E-state index in [0.29, 0.717) is 5.56 Å². The number of ketones is 1. The van der Waals surface area contributed by atoms with Crippen LogP contribution >= 0.6 is 0 Å². The molecule has 0 saturated heterocycles. The lowest BCUT2D eigenvalue weighted by molar-refractivity contribution is -0.167. The van der Waals surface area contributed by atoms with Gasteiger partial charge in [0.05, 0.1) is 7.11 Å². The molecule has 1 aromatic carbocycles. The normalized spacial score (nSPS) is 16.5. The number of halogens is 3. The summed E-state index contributed by atoms with van der Waals surface area (Å²) in [5.74, 6) is -3.27. The molecule has 0 bridgehead atoms. The lowest BCUT2D eigenvalue weighted by Gasteiger charge is -2.35. The number of methoxy groups -OCH3 is 1. The Morgan fingerprint density at radius 2 is 1.81 bits per heavy atom. The van der Waals surface area contributed by atoms with Crippen LogP contribution in [0.15, 0.2) is 41.6 Å². The Bertz CT molecular complexity index is 741. The molecular weight excluding hydrogens is 351 g/mol. The molecule has 0 radical (unpaired) electrons. The van der Waals surface area contributed by atoms with Gasteiger partial charge in [0.2, 0.25) is 5.91 Å². The summed E-state index contributed by atoms with van der Waals surface area (Å²) in [4.78, 5) is 37.2. The van der Waals surface area contributed by atoms with E-state index in [2.05, 4.69) is 0 Å². The largest absolute Gasteiger partial charge is 0.467 e. The number of ether oxygens (including phenoxy) is 1. The van der Waals surface area contributed by atoms with E-state index in [0.717, 1.165) is 12.0 Å². The quantitative estimate of drug-likeness (QED) is 0.749. The number of allylic oxidation sites excluding steroid dienone is 2. The van der Waals surface area contributed by atoms with Crippen LogP contribution in [0.3, 0.4) is 0 Å². The van der Waals surface area contributed by atoms with E-state index in [1.165, 1.54) is 6.92 Å². The predicted octanol–water partition coefficient (Wildman–Crippen LogP) is 2.80. The van der Waals surface area contributed by atoms with Crippen molar-refractivity contribution in [1.82, 2.24) is 4.90 Å². The number of nitrogens with zero attached hydrogens (tertiary/aromatic N) is 1. The lowest BCUT2D eigenvalue weighted by atomic mass is 9.94. The third kappa shape index (κ3) is 4.12. The summed E-state index contributed by atoms with van der Waals surface area (Å²) in [5, 5.41) is 0. The highest BCUT2D eigenvalue weighted by Gasteiger charge is 2.45. The fourth-order valence-electron chi connectivity index (χ4n) is 2.98. The van der Waals surface area contributed by atoms with E-state index in [9.17, 15) is 27.6 Å². The summed E-state index contributed by atoms with van der Waals surface area (Å²) >= 11 is 0. The molecule has 0 spiro atoms. The fraction of sp³-hybridized carbons (Fsp3) is 0.389. The topological polar surface area (TPSA) is 63.7 Å². The summed E-state index contributed by atoms with van der Waals surface area (Å²) < 4.78 is 43.2. The van der Waals surface area contributed by atoms with E-state index in [1.54, 1.807) is 30.3 Å². The Morgan fingerprint density at radius 3 is 2.35 bits per heavy atom. The SMILES string of the molecule is COC(=O)C(Cc1ccccc1)N1C(=O)CCC(C(=O)C(F)(F)F)=C1C. The maximum Gasteiger partial charge on any atom is 0.454 e. The molecule has 0 N–H and O–H groups in total. The number of Topliss-reactive ketones (excluding diaryl/α,β-unsaturated/α-hetero) is 1. The van der Waals surface area contributed by atoms with Crippen molar-refractivity contribution >= 4 is 17.7 Å². The van der Waals surface area contributed by atoms with Gasteiger partial charge in [0.15, 0.2) is 0 Å². The number of esters is 1. The van der Waals surface area contributed by atoms with Crippen LogP contribution in [0.2, 0.25) is 0 Å². The summed E-state index contributed by atoms with van der Waals surface area (Å²) in [6.45, 7) is 1.25. The minimum atomic E-state index is -5.04. The average Bonchev–Trinajstić information content (AvgIpc) is 2.60. The molecule has 1 aromatic rings. The van der Waals surface area contributed by atoms with Gasteiger partial charge in [-0.15, -0.1) is 0 Å². The van der Waals surface area contributed by atoms with Gasteiger partial charge in [-0.05, 0) is 18.9 Å². The Morgan fingerprint density at radius 1 is 1.19 bits per heavy atom. The van der Waals surface area contributed by atoms with E-state index < -0.39 is 35.5 Å². The molecule has 1 aliphatic heterocycles. The zero-order chi connectivity index (χ0) is 19.5. The summed E-state index contributed by atoms with van der Waals surface area (Å²) in [5.41, 5.74) is 0.0479. The first-order chi connectivity index (χ1) is 12.2. The molecule has 140 valence electrons. The molecule has 1 aliphatic rings. The van der Waals surface area contributed by atoms with Crippen LogP contribution in [-0.2, 0) is 25.5 Å². The average molecular weight is 369 g/mol. The first-order valence-electron chi connectivity index (χ1n) is 7.92. The zero-order valence-corrected chi connectivity index (χ0v) is 14.3. The Kier molecular flexibility index (Phi) is 5.84. The molecule has 8 heteroatoms. The zero-order valence-electron chi connectivity index (χ0n) is 14.3. The number of carbonyl (C=O) groups excluding carboxylic acids is 3. The van der Waals surface area contributed by atoms with Crippen LogP contribution in [0.5, 0.6) is 0 Å². The van der Waals surface area contributed by atoms with Crippen molar-refractivity contribution in [3.05, 3.63) is 47.2 Å². The molecule has 0 fully saturated rings. The summed E-state index contributed by atoms with van der Waals surface area (Å²) in [6.07, 6.45) is -5.57. The van der Waals surface area contributed by atoms with Gasteiger partial charge in [-0.2, -0.15) is 13.2 Å². The predicted molar refractivity (Wildman–Crippen MR) is 85.8 cm³/mol. The maximum atomic E-state index is 12.8. The molecule has 0 saturated carbocycles. The Labute approximate surface area is 148 Å². The monoisotopic (exact) mass is 369 g/mol. The highest BCUT2D eigenvalue weighted by molar-refractivity contribution is 6.02. The van der Waals surface area contributed by atoms with Gasteiger partial charge in [-0.25, -0.2) is 4.79 Å². The van der Waals surface area contributed by atoms with Crippen molar-refractivity contribution in [2.24, 2.45) is 0 Å². The van der Waals surface area contributed by atoms with Crippen molar-refractivity contribution < 1.29 is 32.3 Å². The molecule has 0 aliphatic carbocycles. The number of carbonyl (C=O) groups is 3. The van der Waals surface area contributed by atoms with E-state index >= 15 is 0 Å². The Balaban J connectivity index is 2.45. The smallest absolute Gasteiger partial charge is 0.454 e. The first kappa shape index (κ1) is 19.7. The van der Waals surface area contributed by atoms with Crippen LogP contribution in [0.4, 0.5) is 13.2 Å². The van der Waals surface area contributed by atoms with Crippen molar-refractivity contribution in [2.75, 3.05) is 7.11 Å². The second-order valence-electron chi connectivity index (χ2n) is 5.88. The summed E-state index contributed by atoms with van der Waals surface area (Å²) in [7, 11) is 1.13. The van der Waals surface area contributed by atoms with Crippen molar-refractivity contribution in [1.29, 1.82) is 0 Å². The Hall–Kier alpha value is -2.64. The minimum Gasteiger partial charge on any atom is -0.467 e. The van der Waals surface area contributed by atoms with Crippen molar-refractivity contribution in [3.8, 4) is 0 Å². The van der Waals surface area contributed by atoms with Crippen LogP contribution in [0, 0.1) is 0 Å². The summed E-state index contributed by atoms with van der Waals surface area (Å²) in [6, 6.07) is 7.56. The molecular formula is C18H18F3NO4. The molecule has 0 aromatic heterocycles. The van der Waals surface area contributed by atoms with Crippen molar-refractivity contribution in [3.63, 3.8) is 0 Å². The van der Waals surface area contributed by atoms with Gasteiger partial charge >= 0.3 is 12.1 Å². The van der Waals surface area contributed by atoms with Gasteiger partial charge < -0.3 is 9.64 Å². The van der Waals surface area contributed by atoms with Crippen LogP contribution in [0.1, 0.15) is 25.3 Å². The number of rotatable bonds is 5. The van der Waals surface area contributed by atoms with Crippen LogP contribution in [0.25, 0.3) is 0 Å². The number of alkyl halides is 3. The highest BCUT2D eigenvalue weighted by Crippen LogP contribution is 2.32. The van der Waals surface area contributed by atoms with Gasteiger partial charge in [-0.3, -0.25) is 9.59 Å². The second kappa shape index (κ2) is 7.72. The van der Waals surface area contributed by atoms with E-state index in [-0.39, 0.29) is 25.0 Å². The number of hydrogen-bond donors (Lipinski definition) is 0. The first-order valence-corrected chi connectivity index (χ1v) is 7.92. The van der Waals surface area contributed by atoms with Crippen LogP contribution < -0.4 is 0 Å². The maximum absolute atomic E-state index is 12.8. The van der Waals surface area contributed by atoms with Crippen LogP contribution in [-0.4, -0.2) is 41.9 Å². The molecule has 1 unspecified atom stereocenters. The van der Waals surface area contributed by atoms with E-state index in [4.69, 9.17) is 4.74 Å². The molecule has 1 atom stereocenters. The molecule has 26 heavy (non-hydrogen) atoms. The molecule has 2 rings (SSSR count). The fourth-order valence-corrected chi connectivity index (χ4v) is 2.98. The van der Waals surface area contributed by atoms with E-state index in [1.807, 2.05) is 0 Å². The third-order valence-electron chi connectivity index (χ3n) is 4.24. The second-order valence-corrected chi connectivity index (χ2v) is 5.88. The standard InChI is InChI=1S/C18H18F3NO4/c1-11-13(16(24)18(19,20)21)8-9-15(23)22(11)14(17(25)26-2)10-12-6-4-3-5-7-12/h3-7,14H,8-10H2,1-2H3. The number of hydrogen-bond acceptors (Lipinski definition) is 4. The number of amides is 1.